The summed E-state index contributed by atoms with van der Waals surface area (Å²) in [6.45, 7) is 15.7. The van der Waals surface area contributed by atoms with Crippen LogP contribution in [0.3, 0.4) is 0 Å². The number of hydrogen-bond acceptors (Lipinski definition) is 20. The van der Waals surface area contributed by atoms with Crippen molar-refractivity contribution in [3.63, 3.8) is 0 Å². The first kappa shape index (κ1) is 163. The second kappa shape index (κ2) is 107. The van der Waals surface area contributed by atoms with Gasteiger partial charge in [-0.05, 0) is 163 Å². The molecule has 0 saturated carbocycles. The first-order valence-electron chi connectivity index (χ1n) is 26.4. The second-order valence-electron chi connectivity index (χ2n) is 18.3. The number of H-pyrrole nitrogens is 2. The first-order chi connectivity index (χ1) is 39.3. The van der Waals surface area contributed by atoms with Crippen LogP contribution in [0.25, 0.3) is 0 Å². The average molecular weight is 1900 g/mol. The Hall–Kier alpha value is -1.92. The molecule has 3 saturated heterocycles. The van der Waals surface area contributed by atoms with E-state index in [1.165, 1.54) is 108 Å². The normalized spacial score (nSPS) is 11.3. The number of urea groups is 1. The zero-order chi connectivity index (χ0) is 60.8. The van der Waals surface area contributed by atoms with Gasteiger partial charge >= 0.3 is 17.4 Å². The molecule has 12 radical (unpaired) electrons. The van der Waals surface area contributed by atoms with Crippen molar-refractivity contribution in [1.82, 2.24) is 110 Å². The maximum atomic E-state index is 10.4. The Morgan fingerprint density at radius 1 is 0.529 bits per heavy atom. The Balaban J connectivity index is -0.0000000346. The number of aromatic amines is 2. The SMILES string of the molecule is CC1=NOCC1.CN1CCCCC1.CN1CCCCC1.CN1CCNC1=O.CN1N=CCC1=O.Cc1ccccn1.Cc1cccnc1.Cc1ccncc1.Cn1cc[nH]c1=O.Cn1cn[nH]c1=O.Cn1nn[n-]c1=O.Cn1nnnn1.[CH3-].[CH3-].[CH3-].[CH3-].[CH3-].[CH3-].[CH3-].[CH3-].[CH3-].[CH3-].[V].[V].[V].[V].[V].[V].[V].[V].[V].[V].[V].[V]. The minimum Gasteiger partial charge on any atom is -0.395 e. The smallest absolute Gasteiger partial charge is 0.342 e. The monoisotopic (exact) mass is 1900 g/mol. The number of rotatable bonds is 0. The first-order valence-corrected chi connectivity index (χ1v) is 26.4. The van der Waals surface area contributed by atoms with Crippen molar-refractivity contribution in [3.8, 4) is 0 Å². The number of hydrazone groups is 1. The number of aryl methyl sites for hydroxylation is 7. The third kappa shape index (κ3) is 94.3. The van der Waals surface area contributed by atoms with E-state index in [4.69, 9.17) is 0 Å². The van der Waals surface area contributed by atoms with E-state index in [1.807, 2.05) is 76.4 Å². The molecular weight excluding hydrogens is 1790 g/mol. The molecule has 30 nitrogen and oxygen atoms in total. The number of nitrogens with one attached hydrogen (secondary N) is 3. The molecule has 7 aromatic heterocycles. The van der Waals surface area contributed by atoms with Gasteiger partial charge in [0, 0.05) is 326 Å². The van der Waals surface area contributed by atoms with Crippen molar-refractivity contribution in [1.29, 1.82) is 0 Å². The Morgan fingerprint density at radius 2 is 1.04 bits per heavy atom. The van der Waals surface area contributed by atoms with E-state index in [2.05, 4.69) is 111 Å². The maximum absolute atomic E-state index is 10.4. The van der Waals surface area contributed by atoms with E-state index < -0.39 is 5.69 Å². The molecule has 5 aliphatic heterocycles. The molecule has 12 heterocycles. The Morgan fingerprint density at radius 3 is 1.18 bits per heavy atom. The average Bonchev–Trinajstić information content (AvgIpc) is 2.29. The molecule has 3 amide bonds. The molecule has 0 aromatic carbocycles. The van der Waals surface area contributed by atoms with Gasteiger partial charge in [-0.15, -0.1) is 4.80 Å². The molecule has 0 aliphatic carbocycles. The molecule has 12 rings (SSSR count). The summed E-state index contributed by atoms with van der Waals surface area (Å²) >= 11 is 0. The van der Waals surface area contributed by atoms with Crippen molar-refractivity contribution < 1.29 is 237 Å². The number of carbonyl (C=O) groups excluding carboxylic acids is 2. The van der Waals surface area contributed by atoms with Gasteiger partial charge in [0.2, 0.25) is 11.6 Å². The number of pyridine rings is 3. The van der Waals surface area contributed by atoms with E-state index in [0.717, 1.165) is 42.2 Å². The van der Waals surface area contributed by atoms with E-state index in [9.17, 15) is 24.0 Å². The van der Waals surface area contributed by atoms with Crippen LogP contribution >= 0.6 is 0 Å². The Labute approximate surface area is 768 Å². The van der Waals surface area contributed by atoms with Crippen LogP contribution in [0.4, 0.5) is 4.79 Å². The molecule has 104 heavy (non-hydrogen) atoms. The number of carbonyl (C=O) groups is 2. The molecule has 590 valence electrons. The van der Waals surface area contributed by atoms with Gasteiger partial charge in [0.15, 0.2) is 0 Å². The Kier molecular flexibility index (Phi) is 168. The number of piperidine rings is 2. The Bertz CT molecular complexity index is 2720. The standard InChI is InChI=1S/2C6H7N.2C6H13N.C6H7N.C4H8N2O.2C4H6N2O.C4H7NO.C3H5N3O.C2H4N4O.CH3N5.10CH3.12V/c1-6-2-4-7-5-3-6;1-6-3-2-4-7-5-6;2*1-7-5-3-2-4-6-7;1-6-4-2-3-5-7-6;2*1-6-3-2-5-4(6)7;1-6-4(7)2-3-5-6;1-4-2-3-6-5-4;1-6-2-4-5-3(6)7;1-6-2(7)3-4-5-6;1-6-4-2-3-5-6;;;;;;;;;;;;;;;;;;;;;;/h2*2-5H,1H3;2*2-6H2,1H3;2-5H,1H3;2-3H2,1H3,(H,5,7);2-3H,1H3,(H,5,7);3H,2H2,1H3;2-3H2,1H3;2H,1H3,(H,5,7);1H3,(H,3,5,7);1H3;10*1H3;;;;;;;;;;;;/q;;;;;;;;;;;;10*-1;;;;;;;;;;;;/p-1. The number of nitrogens with zero attached hydrogens (tertiary/aromatic N) is 21. The molecular formula is C62H115N24O6V12-11. The number of oxime groups is 1. The van der Waals surface area contributed by atoms with Crippen molar-refractivity contribution in [2.75, 3.05) is 74.1 Å². The minimum absolute atomic E-state index is 0. The van der Waals surface area contributed by atoms with Crippen molar-refractivity contribution in [3.05, 3.63) is 215 Å². The topological polar surface area (TPSA) is 339 Å². The second-order valence-corrected chi connectivity index (χ2v) is 18.3. The van der Waals surface area contributed by atoms with Gasteiger partial charge in [-0.2, -0.15) is 15.4 Å². The number of likely N-dealkylation sites (N-methyl/N-ethyl adjacent to an activating group) is 1. The largest absolute Gasteiger partial charge is 0.395 e. The molecule has 0 spiro atoms. The number of imidazole rings is 1. The van der Waals surface area contributed by atoms with E-state index >= 15 is 0 Å². The zero-order valence-corrected chi connectivity index (χ0v) is 81.8. The molecule has 3 fully saturated rings. The number of likely N-dealkylation sites (tertiary alicyclic amines) is 2. The molecule has 7 aromatic rings. The van der Waals surface area contributed by atoms with Crippen LogP contribution in [0.5, 0.6) is 0 Å². The molecule has 0 atom stereocenters. The third-order valence-corrected chi connectivity index (χ3v) is 10.9. The number of tetrazole rings is 1. The quantitative estimate of drug-likeness (QED) is 0.134. The summed E-state index contributed by atoms with van der Waals surface area (Å²) in [4.78, 5) is 78.0. The van der Waals surface area contributed by atoms with Crippen LogP contribution < -0.4 is 27.5 Å². The summed E-state index contributed by atoms with van der Waals surface area (Å²) in [7, 11) is 14.3. The summed E-state index contributed by atoms with van der Waals surface area (Å²) < 4.78 is 3.89. The van der Waals surface area contributed by atoms with Crippen molar-refractivity contribution >= 4 is 23.9 Å². The van der Waals surface area contributed by atoms with E-state index in [1.54, 1.807) is 83.5 Å². The third-order valence-electron chi connectivity index (χ3n) is 10.9. The van der Waals surface area contributed by atoms with Gasteiger partial charge in [-0.3, -0.25) is 34.3 Å². The van der Waals surface area contributed by atoms with Gasteiger partial charge < -0.3 is 113 Å². The fourth-order valence-electron chi connectivity index (χ4n) is 5.91. The van der Waals surface area contributed by atoms with Crippen LogP contribution in [-0.2, 0) is 260 Å². The summed E-state index contributed by atoms with van der Waals surface area (Å²) in [6.07, 6.45) is 25.3. The number of hydrogen-bond donors (Lipinski definition) is 3. The van der Waals surface area contributed by atoms with Crippen LogP contribution in [-0.4, -0.2) is 198 Å². The van der Waals surface area contributed by atoms with Gasteiger partial charge in [0.05, 0.1) is 19.2 Å². The van der Waals surface area contributed by atoms with Crippen LogP contribution in [0.2, 0.25) is 0 Å². The van der Waals surface area contributed by atoms with Crippen LogP contribution in [0.1, 0.15) is 75.1 Å². The number of amides is 3. The van der Waals surface area contributed by atoms with E-state index in [0.29, 0.717) is 6.42 Å². The maximum Gasteiger partial charge on any atom is 0.342 e. The summed E-state index contributed by atoms with van der Waals surface area (Å²) in [5.41, 5.74) is 3.98. The van der Waals surface area contributed by atoms with Crippen LogP contribution in [0.15, 0.2) is 117 Å². The minimum atomic E-state index is -0.417. The van der Waals surface area contributed by atoms with Crippen molar-refractivity contribution in [2.45, 2.75) is 79.1 Å². The zero-order valence-electron chi connectivity index (χ0n) is 65.1. The fraction of sp³-hybridized carbons (Fsp3) is 0.435. The summed E-state index contributed by atoms with van der Waals surface area (Å²) in [5, 5.41) is 39.5. The summed E-state index contributed by atoms with van der Waals surface area (Å²) in [5.74, 6) is 0.0694. The molecule has 42 heteroatoms. The van der Waals surface area contributed by atoms with E-state index in [-0.39, 0.29) is 320 Å². The predicted octanol–water partition coefficient (Wildman–Crippen LogP) is 6.66. The molecule has 5 aliphatic rings. The van der Waals surface area contributed by atoms with Crippen molar-refractivity contribution in [2.24, 2.45) is 38.4 Å². The summed E-state index contributed by atoms with van der Waals surface area (Å²) in [6, 6.07) is 13.8. The van der Waals surface area contributed by atoms with Gasteiger partial charge in [0.1, 0.15) is 12.9 Å². The molecule has 3 N–H and O–H groups in total. The van der Waals surface area contributed by atoms with Gasteiger partial charge in [-0.25, -0.2) is 29.6 Å². The predicted molar refractivity (Wildman–Crippen MR) is 376 cm³/mol. The van der Waals surface area contributed by atoms with Gasteiger partial charge in [0.25, 0.3) is 0 Å². The fourth-order valence-corrected chi connectivity index (χ4v) is 5.91. The van der Waals surface area contributed by atoms with Gasteiger partial charge in [-0.1, -0.05) is 30.1 Å². The molecule has 0 unspecified atom stereocenters. The molecule has 0 bridgehead atoms. The van der Waals surface area contributed by atoms with Crippen LogP contribution in [0, 0.1) is 95.0 Å². The number of aromatic nitrogens is 17.